The Morgan fingerprint density at radius 1 is 1.20 bits per heavy atom. The highest BCUT2D eigenvalue weighted by molar-refractivity contribution is 5.77. The lowest BCUT2D eigenvalue weighted by Crippen LogP contribution is -2.38. The fraction of sp³-hybridized carbons (Fsp3) is 0.312. The predicted molar refractivity (Wildman–Crippen MR) is 89.6 cm³/mol. The number of fused-ring (bicyclic) bond motifs is 1. The Balaban J connectivity index is 2.41. The van der Waals surface area contributed by atoms with Crippen molar-refractivity contribution in [2.45, 2.75) is 26.8 Å². The minimum atomic E-state index is -0.782. The molecule has 8 nitrogen and oxygen atoms in total. The van der Waals surface area contributed by atoms with Gasteiger partial charge in [-0.2, -0.15) is 9.78 Å². The van der Waals surface area contributed by atoms with Crippen LogP contribution >= 0.6 is 0 Å². The molecule has 25 heavy (non-hydrogen) atoms. The topological polar surface area (TPSA) is 91.8 Å². The van der Waals surface area contributed by atoms with Gasteiger partial charge in [-0.05, 0) is 19.4 Å². The van der Waals surface area contributed by atoms with Gasteiger partial charge in [-0.1, -0.05) is 6.92 Å². The first kappa shape index (κ1) is 16.7. The summed E-state index contributed by atoms with van der Waals surface area (Å²) in [5.74, 6) is -0.727. The van der Waals surface area contributed by atoms with Crippen LogP contribution < -0.4 is 16.8 Å². The van der Waals surface area contributed by atoms with E-state index in [1.165, 1.54) is 17.7 Å². The van der Waals surface area contributed by atoms with Gasteiger partial charge in [0.25, 0.3) is 11.1 Å². The van der Waals surface area contributed by atoms with Crippen LogP contribution in [0.4, 0.5) is 4.39 Å². The minimum absolute atomic E-state index is 0.150. The Morgan fingerprint density at radius 2 is 1.92 bits per heavy atom. The molecule has 0 amide bonds. The van der Waals surface area contributed by atoms with Gasteiger partial charge in [-0.15, -0.1) is 0 Å². The number of hydrogen-bond acceptors (Lipinski definition) is 5. The molecule has 3 rings (SSSR count). The maximum atomic E-state index is 14.6. The number of nitrogens with zero attached hydrogens (tertiary/aromatic N) is 5. The van der Waals surface area contributed by atoms with Crippen molar-refractivity contribution < 1.29 is 4.39 Å². The van der Waals surface area contributed by atoms with E-state index >= 15 is 0 Å². The Hall–Kier alpha value is -3.10. The van der Waals surface area contributed by atoms with E-state index in [1.54, 1.807) is 6.92 Å². The number of aromatic nitrogens is 5. The molecule has 0 aliphatic rings. The molecule has 0 fully saturated rings. The lowest BCUT2D eigenvalue weighted by Gasteiger charge is -2.13. The molecule has 0 aliphatic heterocycles. The maximum Gasteiger partial charge on any atom is 0.352 e. The molecule has 0 saturated carbocycles. The summed E-state index contributed by atoms with van der Waals surface area (Å²) in [6.45, 7) is 3.91. The molecule has 1 aromatic carbocycles. The summed E-state index contributed by atoms with van der Waals surface area (Å²) >= 11 is 0. The first-order chi connectivity index (χ1) is 11.8. The quantitative estimate of drug-likeness (QED) is 0.689. The van der Waals surface area contributed by atoms with E-state index in [0.29, 0.717) is 24.0 Å². The van der Waals surface area contributed by atoms with Crippen LogP contribution in [-0.2, 0) is 13.6 Å². The molecule has 0 spiro atoms. The van der Waals surface area contributed by atoms with Crippen molar-refractivity contribution in [2.24, 2.45) is 7.05 Å². The molecule has 2 aromatic heterocycles. The van der Waals surface area contributed by atoms with Crippen molar-refractivity contribution in [1.82, 2.24) is 23.9 Å². The number of rotatable bonds is 3. The van der Waals surface area contributed by atoms with Gasteiger partial charge in [0.05, 0.1) is 11.0 Å². The average molecular weight is 345 g/mol. The highest BCUT2D eigenvalue weighted by Gasteiger charge is 2.15. The normalized spacial score (nSPS) is 11.2. The zero-order valence-electron chi connectivity index (χ0n) is 14.0. The van der Waals surface area contributed by atoms with Gasteiger partial charge < -0.3 is 4.57 Å². The van der Waals surface area contributed by atoms with Crippen molar-refractivity contribution in [3.8, 4) is 5.69 Å². The Bertz CT molecular complexity index is 1160. The summed E-state index contributed by atoms with van der Waals surface area (Å²) in [6, 6.07) is 2.51. The van der Waals surface area contributed by atoms with E-state index in [1.807, 2.05) is 6.92 Å². The van der Waals surface area contributed by atoms with Crippen LogP contribution in [0, 0.1) is 12.7 Å². The zero-order valence-corrected chi connectivity index (χ0v) is 14.0. The van der Waals surface area contributed by atoms with E-state index in [9.17, 15) is 18.8 Å². The second-order valence-corrected chi connectivity index (χ2v) is 5.68. The Morgan fingerprint density at radius 3 is 2.60 bits per heavy atom. The summed E-state index contributed by atoms with van der Waals surface area (Å²) < 4.78 is 17.7. The molecule has 0 atom stereocenters. The first-order valence-corrected chi connectivity index (χ1v) is 7.71. The summed E-state index contributed by atoms with van der Waals surface area (Å²) in [6.07, 6.45) is 1.63. The van der Waals surface area contributed by atoms with E-state index in [2.05, 4.69) is 10.1 Å². The van der Waals surface area contributed by atoms with E-state index in [4.69, 9.17) is 0 Å². The van der Waals surface area contributed by atoms with E-state index in [-0.39, 0.29) is 16.9 Å². The van der Waals surface area contributed by atoms with Crippen molar-refractivity contribution in [3.63, 3.8) is 0 Å². The fourth-order valence-corrected chi connectivity index (χ4v) is 2.63. The maximum absolute atomic E-state index is 14.6. The fourth-order valence-electron chi connectivity index (χ4n) is 2.63. The number of halogens is 1. The van der Waals surface area contributed by atoms with Crippen molar-refractivity contribution in [2.75, 3.05) is 0 Å². The zero-order chi connectivity index (χ0) is 18.3. The number of hydrogen-bond donors (Lipinski definition) is 0. The molecule has 0 N–H and O–H groups in total. The summed E-state index contributed by atoms with van der Waals surface area (Å²) in [4.78, 5) is 40.2. The molecule has 0 radical (unpaired) electrons. The molecule has 2 heterocycles. The van der Waals surface area contributed by atoms with Gasteiger partial charge in [0, 0.05) is 19.7 Å². The Labute approximate surface area is 140 Å². The highest BCUT2D eigenvalue weighted by atomic mass is 19.1. The second-order valence-electron chi connectivity index (χ2n) is 5.68. The van der Waals surface area contributed by atoms with Crippen LogP contribution in [0.25, 0.3) is 16.7 Å². The lowest BCUT2D eigenvalue weighted by atomic mass is 10.2. The molecule has 0 saturated heterocycles. The summed E-state index contributed by atoms with van der Waals surface area (Å²) in [5.41, 5.74) is -0.819. The van der Waals surface area contributed by atoms with Crippen molar-refractivity contribution in [3.05, 3.63) is 61.0 Å². The molecule has 3 aromatic rings. The molecule has 9 heteroatoms. The van der Waals surface area contributed by atoms with Gasteiger partial charge in [-0.3, -0.25) is 14.2 Å². The SMILES string of the molecule is CCCn1c(=O)c(C)nc2cc(F)c(-n3ncc(=O)n(C)c3=O)cc21. The van der Waals surface area contributed by atoms with Crippen LogP contribution in [0.2, 0.25) is 0 Å². The van der Waals surface area contributed by atoms with Crippen molar-refractivity contribution >= 4 is 11.0 Å². The van der Waals surface area contributed by atoms with Gasteiger partial charge in [-0.25, -0.2) is 14.2 Å². The minimum Gasteiger partial charge on any atom is -0.305 e. The monoisotopic (exact) mass is 345 g/mol. The lowest BCUT2D eigenvalue weighted by molar-refractivity contribution is 0.585. The first-order valence-electron chi connectivity index (χ1n) is 7.71. The smallest absolute Gasteiger partial charge is 0.305 e. The molecular formula is C16H16FN5O3. The van der Waals surface area contributed by atoms with Crippen LogP contribution in [-0.4, -0.2) is 23.9 Å². The largest absolute Gasteiger partial charge is 0.352 e. The Kier molecular flexibility index (Phi) is 4.07. The van der Waals surface area contributed by atoms with Gasteiger partial charge >= 0.3 is 5.69 Å². The highest BCUT2D eigenvalue weighted by Crippen LogP contribution is 2.19. The van der Waals surface area contributed by atoms with Gasteiger partial charge in [0.15, 0.2) is 5.82 Å². The van der Waals surface area contributed by atoms with Crippen LogP contribution in [0.1, 0.15) is 19.0 Å². The van der Waals surface area contributed by atoms with Gasteiger partial charge in [0.2, 0.25) is 0 Å². The second kappa shape index (κ2) is 6.08. The third kappa shape index (κ3) is 2.67. The molecule has 0 aliphatic carbocycles. The third-order valence-electron chi connectivity index (χ3n) is 3.94. The predicted octanol–water partition coefficient (Wildman–Crippen LogP) is 0.499. The third-order valence-corrected chi connectivity index (χ3v) is 3.94. The van der Waals surface area contributed by atoms with E-state index < -0.39 is 17.1 Å². The van der Waals surface area contributed by atoms with Crippen LogP contribution in [0.5, 0.6) is 0 Å². The number of benzene rings is 1. The molecule has 0 bridgehead atoms. The summed E-state index contributed by atoms with van der Waals surface area (Å²) in [7, 11) is 1.28. The van der Waals surface area contributed by atoms with Crippen LogP contribution in [0.15, 0.2) is 32.7 Å². The van der Waals surface area contributed by atoms with Crippen molar-refractivity contribution in [1.29, 1.82) is 0 Å². The summed E-state index contributed by atoms with van der Waals surface area (Å²) in [5, 5.41) is 3.72. The van der Waals surface area contributed by atoms with E-state index in [0.717, 1.165) is 21.5 Å². The molecular weight excluding hydrogens is 329 g/mol. The average Bonchev–Trinajstić information content (AvgIpc) is 2.57. The molecule has 130 valence electrons. The van der Waals surface area contributed by atoms with Gasteiger partial charge in [0.1, 0.15) is 17.6 Å². The number of aryl methyl sites for hydroxylation is 2. The molecule has 0 unspecified atom stereocenters. The standard InChI is InChI=1S/C16H16FN5O3/c1-4-5-21-13-7-12(22-16(25)20(3)14(23)8-18-22)10(17)6-11(13)19-9(2)15(21)24/h6-8H,4-5H2,1-3H3. The van der Waals surface area contributed by atoms with Crippen LogP contribution in [0.3, 0.4) is 0 Å².